The maximum absolute atomic E-state index is 11.9. The zero-order valence-corrected chi connectivity index (χ0v) is 10.7. The minimum Gasteiger partial charge on any atom is -0.459 e. The van der Waals surface area contributed by atoms with Gasteiger partial charge < -0.3 is 14.2 Å². The Morgan fingerprint density at radius 2 is 2.21 bits per heavy atom. The van der Waals surface area contributed by atoms with Gasteiger partial charge in [0.1, 0.15) is 12.2 Å². The van der Waals surface area contributed by atoms with Gasteiger partial charge in [-0.3, -0.25) is 4.79 Å². The Balaban J connectivity index is 1.64. The highest BCUT2D eigenvalue weighted by Gasteiger charge is 2.50. The van der Waals surface area contributed by atoms with Gasteiger partial charge in [0.25, 0.3) is 0 Å². The Hall–Kier alpha value is -1.36. The molecule has 4 fully saturated rings. The average Bonchev–Trinajstić information content (AvgIpc) is 2.56. The summed E-state index contributed by atoms with van der Waals surface area (Å²) in [4.78, 5) is 22.8. The van der Waals surface area contributed by atoms with E-state index in [1.54, 1.807) is 0 Å². The summed E-state index contributed by atoms with van der Waals surface area (Å²) in [6, 6.07) is 0. The SMILES string of the molecule is C=CC(=O)OCOC1C2CC3CC(C2)C(=O)OC1C3. The first-order valence-corrected chi connectivity index (χ1v) is 6.78. The molecule has 2 saturated carbocycles. The van der Waals surface area contributed by atoms with E-state index in [9.17, 15) is 9.59 Å². The van der Waals surface area contributed by atoms with E-state index in [0.717, 1.165) is 31.8 Å². The molecule has 5 heteroatoms. The van der Waals surface area contributed by atoms with Gasteiger partial charge in [-0.25, -0.2) is 4.79 Å². The number of carbonyl (C=O) groups excluding carboxylic acids is 2. The van der Waals surface area contributed by atoms with Gasteiger partial charge in [0.15, 0.2) is 6.79 Å². The van der Waals surface area contributed by atoms with Crippen molar-refractivity contribution < 1.29 is 23.8 Å². The number of carbonyl (C=O) groups is 2. The van der Waals surface area contributed by atoms with E-state index in [-0.39, 0.29) is 30.9 Å². The van der Waals surface area contributed by atoms with Crippen molar-refractivity contribution in [1.29, 1.82) is 0 Å². The molecule has 4 bridgehead atoms. The van der Waals surface area contributed by atoms with Gasteiger partial charge in [0, 0.05) is 6.08 Å². The summed E-state index contributed by atoms with van der Waals surface area (Å²) in [5.74, 6) is 0.384. The zero-order valence-electron chi connectivity index (χ0n) is 10.7. The number of fused-ring (bicyclic) bond motifs is 1. The predicted molar refractivity (Wildman–Crippen MR) is 64.8 cm³/mol. The maximum atomic E-state index is 11.9. The second-order valence-corrected chi connectivity index (χ2v) is 5.66. The van der Waals surface area contributed by atoms with Crippen LogP contribution in [0.4, 0.5) is 0 Å². The van der Waals surface area contributed by atoms with Crippen LogP contribution >= 0.6 is 0 Å². The van der Waals surface area contributed by atoms with E-state index in [1.807, 2.05) is 0 Å². The Morgan fingerprint density at radius 3 is 3.00 bits per heavy atom. The highest BCUT2D eigenvalue weighted by molar-refractivity contribution is 5.81. The molecule has 4 aliphatic rings. The van der Waals surface area contributed by atoms with Crippen LogP contribution in [0.5, 0.6) is 0 Å². The van der Waals surface area contributed by atoms with Crippen molar-refractivity contribution in [2.75, 3.05) is 6.79 Å². The van der Waals surface area contributed by atoms with Gasteiger partial charge in [0.05, 0.1) is 5.92 Å². The fraction of sp³-hybridized carbons (Fsp3) is 0.714. The average molecular weight is 266 g/mol. The molecule has 5 unspecified atom stereocenters. The van der Waals surface area contributed by atoms with Gasteiger partial charge in [-0.1, -0.05) is 6.58 Å². The number of rotatable bonds is 4. The minimum atomic E-state index is -0.501. The van der Waals surface area contributed by atoms with Crippen molar-refractivity contribution in [2.45, 2.75) is 37.9 Å². The van der Waals surface area contributed by atoms with Crippen LogP contribution in [0.3, 0.4) is 0 Å². The van der Waals surface area contributed by atoms with Crippen LogP contribution in [-0.4, -0.2) is 30.9 Å². The number of esters is 2. The molecular weight excluding hydrogens is 248 g/mol. The summed E-state index contributed by atoms with van der Waals surface area (Å²) in [6.07, 6.45) is 4.56. The van der Waals surface area contributed by atoms with Crippen molar-refractivity contribution in [1.82, 2.24) is 0 Å². The molecule has 0 aromatic heterocycles. The number of ether oxygens (including phenoxy) is 3. The molecule has 104 valence electrons. The van der Waals surface area contributed by atoms with E-state index in [0.29, 0.717) is 11.8 Å². The quantitative estimate of drug-likeness (QED) is 0.437. The van der Waals surface area contributed by atoms with Crippen LogP contribution in [0.15, 0.2) is 12.7 Å². The van der Waals surface area contributed by atoms with E-state index < -0.39 is 5.97 Å². The molecule has 0 aromatic carbocycles. The molecule has 5 nitrogen and oxygen atoms in total. The summed E-state index contributed by atoms with van der Waals surface area (Å²) in [7, 11) is 0. The van der Waals surface area contributed by atoms with Crippen LogP contribution in [0.1, 0.15) is 25.7 Å². The largest absolute Gasteiger partial charge is 0.459 e. The Morgan fingerprint density at radius 1 is 1.37 bits per heavy atom. The summed E-state index contributed by atoms with van der Waals surface area (Å²) < 4.78 is 16.0. The van der Waals surface area contributed by atoms with Gasteiger partial charge in [0.2, 0.25) is 0 Å². The second-order valence-electron chi connectivity index (χ2n) is 5.66. The maximum Gasteiger partial charge on any atom is 0.332 e. The van der Waals surface area contributed by atoms with Gasteiger partial charge >= 0.3 is 11.9 Å². The van der Waals surface area contributed by atoms with Crippen LogP contribution in [-0.2, 0) is 23.8 Å². The molecule has 4 rings (SSSR count). The lowest BCUT2D eigenvalue weighted by Gasteiger charge is -2.41. The molecule has 0 amide bonds. The Labute approximate surface area is 111 Å². The Bertz CT molecular complexity index is 405. The molecule has 5 atom stereocenters. The van der Waals surface area contributed by atoms with Crippen molar-refractivity contribution in [3.05, 3.63) is 12.7 Å². The third-order valence-electron chi connectivity index (χ3n) is 4.47. The second kappa shape index (κ2) is 4.96. The van der Waals surface area contributed by atoms with Crippen LogP contribution in [0, 0.1) is 17.8 Å². The normalized spacial score (nSPS) is 39.6. The lowest BCUT2D eigenvalue weighted by molar-refractivity contribution is -0.181. The van der Waals surface area contributed by atoms with Gasteiger partial charge in [-0.15, -0.1) is 0 Å². The Kier molecular flexibility index (Phi) is 3.31. The topological polar surface area (TPSA) is 61.8 Å². The predicted octanol–water partition coefficient (Wildman–Crippen LogP) is 1.42. The molecule has 0 spiro atoms. The number of hydrogen-bond acceptors (Lipinski definition) is 5. The molecular formula is C14H18O5. The molecule has 0 radical (unpaired) electrons. The van der Waals surface area contributed by atoms with Gasteiger partial charge in [-0.2, -0.15) is 0 Å². The molecule has 0 N–H and O–H groups in total. The first-order chi connectivity index (χ1) is 9.17. The van der Waals surface area contributed by atoms with Gasteiger partial charge in [-0.05, 0) is 37.5 Å². The molecule has 19 heavy (non-hydrogen) atoms. The van der Waals surface area contributed by atoms with Crippen LogP contribution in [0.2, 0.25) is 0 Å². The molecule has 2 heterocycles. The van der Waals surface area contributed by atoms with Crippen molar-refractivity contribution in [2.24, 2.45) is 17.8 Å². The zero-order chi connectivity index (χ0) is 13.4. The first kappa shape index (κ1) is 12.7. The summed E-state index contributed by atoms with van der Waals surface area (Å²) >= 11 is 0. The molecule has 2 aliphatic carbocycles. The third-order valence-corrected chi connectivity index (χ3v) is 4.47. The third kappa shape index (κ3) is 2.39. The monoisotopic (exact) mass is 266 g/mol. The first-order valence-electron chi connectivity index (χ1n) is 6.78. The lowest BCUT2D eigenvalue weighted by Crippen LogP contribution is -2.44. The summed E-state index contributed by atoms with van der Waals surface area (Å²) in [5.41, 5.74) is 0. The highest BCUT2D eigenvalue weighted by Crippen LogP contribution is 2.48. The van der Waals surface area contributed by atoms with E-state index in [4.69, 9.17) is 14.2 Å². The summed E-state index contributed by atoms with van der Waals surface area (Å²) in [5, 5.41) is 0. The molecule has 2 saturated heterocycles. The summed E-state index contributed by atoms with van der Waals surface area (Å²) in [6.45, 7) is 3.22. The minimum absolute atomic E-state index is 0.0399. The fourth-order valence-electron chi connectivity index (χ4n) is 3.74. The fourth-order valence-corrected chi connectivity index (χ4v) is 3.74. The highest BCUT2D eigenvalue weighted by atomic mass is 16.7. The van der Waals surface area contributed by atoms with Crippen molar-refractivity contribution in [3.63, 3.8) is 0 Å². The van der Waals surface area contributed by atoms with E-state index >= 15 is 0 Å². The molecule has 0 aromatic rings. The molecule has 2 aliphatic heterocycles. The van der Waals surface area contributed by atoms with Crippen molar-refractivity contribution >= 4 is 11.9 Å². The smallest absolute Gasteiger partial charge is 0.332 e. The lowest BCUT2D eigenvalue weighted by atomic mass is 9.67. The van der Waals surface area contributed by atoms with E-state index in [2.05, 4.69) is 6.58 Å². The number of hydrogen-bond donors (Lipinski definition) is 0. The van der Waals surface area contributed by atoms with Crippen LogP contribution < -0.4 is 0 Å². The van der Waals surface area contributed by atoms with E-state index in [1.165, 1.54) is 0 Å². The van der Waals surface area contributed by atoms with Crippen molar-refractivity contribution in [3.8, 4) is 0 Å². The standard InChI is InChI=1S/C14H18O5/c1-2-12(15)17-7-18-13-9-3-8-4-10(6-9)14(16)19-11(13)5-8/h2,8-11,13H,1,3-7H2. The van der Waals surface area contributed by atoms with Crippen LogP contribution in [0.25, 0.3) is 0 Å².